The van der Waals surface area contributed by atoms with Gasteiger partial charge in [0.25, 0.3) is 0 Å². The van der Waals surface area contributed by atoms with Gasteiger partial charge in [0, 0.05) is 10.9 Å². The van der Waals surface area contributed by atoms with E-state index in [1.54, 1.807) is 30.3 Å². The van der Waals surface area contributed by atoms with Crippen molar-refractivity contribution in [3.8, 4) is 22.8 Å². The highest BCUT2D eigenvalue weighted by Crippen LogP contribution is 2.38. The normalized spacial score (nSPS) is 12.7. The molecule has 1 aromatic heterocycles. The summed E-state index contributed by atoms with van der Waals surface area (Å²) < 4.78 is 24.7. The van der Waals surface area contributed by atoms with Crippen molar-refractivity contribution in [3.63, 3.8) is 0 Å². The minimum Gasteiger partial charge on any atom is -0.481 e. The summed E-state index contributed by atoms with van der Waals surface area (Å²) in [5.74, 6) is -0.169. The highest BCUT2D eigenvalue weighted by Gasteiger charge is 2.20. The fraction of sp³-hybridized carbons (Fsp3) is 0.118. The van der Waals surface area contributed by atoms with Crippen LogP contribution in [0.25, 0.3) is 22.2 Å². The Morgan fingerprint density at radius 3 is 2.87 bits per heavy atom. The number of fused-ring (bicyclic) bond motifs is 2. The average molecular weight is 313 g/mol. The van der Waals surface area contributed by atoms with E-state index in [1.807, 2.05) is 0 Å². The number of hydrogen-bond donors (Lipinski definition) is 2. The molecular weight excluding hydrogens is 301 g/mol. The van der Waals surface area contributed by atoms with Gasteiger partial charge in [0.05, 0.1) is 17.6 Å². The first-order chi connectivity index (χ1) is 11.1. The Morgan fingerprint density at radius 2 is 2.04 bits per heavy atom. The molecule has 1 aliphatic heterocycles. The molecule has 6 heteroatoms. The molecule has 0 fully saturated rings. The highest BCUT2D eigenvalue weighted by molar-refractivity contribution is 5.94. The lowest BCUT2D eigenvalue weighted by Crippen LogP contribution is -2.00. The summed E-state index contributed by atoms with van der Waals surface area (Å²) in [6.45, 7) is 0.155. The monoisotopic (exact) mass is 313 g/mol. The van der Waals surface area contributed by atoms with Crippen molar-refractivity contribution in [2.45, 2.75) is 6.42 Å². The van der Waals surface area contributed by atoms with Crippen LogP contribution in [0.2, 0.25) is 0 Å². The van der Waals surface area contributed by atoms with Gasteiger partial charge in [-0.3, -0.25) is 4.79 Å². The molecule has 5 nitrogen and oxygen atoms in total. The van der Waals surface area contributed by atoms with Gasteiger partial charge in [0.15, 0.2) is 11.5 Å². The van der Waals surface area contributed by atoms with Crippen molar-refractivity contribution < 1.29 is 23.8 Å². The zero-order valence-electron chi connectivity index (χ0n) is 11.9. The Hall–Kier alpha value is -3.02. The van der Waals surface area contributed by atoms with E-state index >= 15 is 0 Å². The summed E-state index contributed by atoms with van der Waals surface area (Å²) in [6, 6.07) is 9.93. The van der Waals surface area contributed by atoms with Crippen LogP contribution in [0, 0.1) is 5.82 Å². The van der Waals surface area contributed by atoms with Crippen LogP contribution in [0.15, 0.2) is 36.4 Å². The van der Waals surface area contributed by atoms with Crippen LogP contribution < -0.4 is 9.47 Å². The number of ether oxygens (including phenoxy) is 2. The lowest BCUT2D eigenvalue weighted by atomic mass is 10.0. The smallest absolute Gasteiger partial charge is 0.307 e. The van der Waals surface area contributed by atoms with Gasteiger partial charge < -0.3 is 19.6 Å². The molecule has 0 radical (unpaired) electrons. The third kappa shape index (κ3) is 2.19. The molecule has 0 bridgehead atoms. The minimum atomic E-state index is -0.975. The van der Waals surface area contributed by atoms with Crippen LogP contribution in [0.3, 0.4) is 0 Å². The van der Waals surface area contributed by atoms with Crippen molar-refractivity contribution in [2.75, 3.05) is 6.79 Å². The van der Waals surface area contributed by atoms with E-state index in [2.05, 4.69) is 4.98 Å². The first kappa shape index (κ1) is 13.6. The van der Waals surface area contributed by atoms with Crippen molar-refractivity contribution >= 4 is 16.9 Å². The van der Waals surface area contributed by atoms with Gasteiger partial charge >= 0.3 is 5.97 Å². The number of carbonyl (C=O) groups is 1. The number of aromatic nitrogens is 1. The largest absolute Gasteiger partial charge is 0.481 e. The van der Waals surface area contributed by atoms with E-state index in [0.29, 0.717) is 33.7 Å². The SMILES string of the molecule is O=C(O)Cc1c(-c2ccc3c(c2)OCO3)[nH]c2c(F)cccc12. The molecule has 1 aliphatic rings. The maximum Gasteiger partial charge on any atom is 0.307 e. The maximum absolute atomic E-state index is 14.0. The standard InChI is InChI=1S/C17H12FNO4/c18-12-3-1-2-10-11(7-15(20)21)16(19-17(10)12)9-4-5-13-14(6-9)23-8-22-13/h1-6,19H,7-8H2,(H,20,21). The lowest BCUT2D eigenvalue weighted by molar-refractivity contribution is -0.136. The van der Waals surface area contributed by atoms with Crippen LogP contribution >= 0.6 is 0 Å². The summed E-state index contributed by atoms with van der Waals surface area (Å²) in [5.41, 5.74) is 2.15. The number of aliphatic carboxylic acids is 1. The van der Waals surface area contributed by atoms with Gasteiger partial charge in [-0.15, -0.1) is 0 Å². The van der Waals surface area contributed by atoms with E-state index in [9.17, 15) is 14.3 Å². The zero-order valence-corrected chi connectivity index (χ0v) is 11.9. The molecule has 2 aromatic carbocycles. The number of benzene rings is 2. The number of aromatic amines is 1. The molecular formula is C17H12FNO4. The van der Waals surface area contributed by atoms with Crippen LogP contribution in [0.4, 0.5) is 4.39 Å². The quantitative estimate of drug-likeness (QED) is 0.778. The van der Waals surface area contributed by atoms with Crippen LogP contribution in [0.5, 0.6) is 11.5 Å². The lowest BCUT2D eigenvalue weighted by Gasteiger charge is -2.04. The summed E-state index contributed by atoms with van der Waals surface area (Å²) >= 11 is 0. The van der Waals surface area contributed by atoms with E-state index < -0.39 is 11.8 Å². The Morgan fingerprint density at radius 1 is 1.22 bits per heavy atom. The second-order valence-corrected chi connectivity index (χ2v) is 5.28. The third-order valence-corrected chi connectivity index (χ3v) is 3.88. The van der Waals surface area contributed by atoms with Crippen molar-refractivity contribution in [3.05, 3.63) is 47.8 Å². The number of rotatable bonds is 3. The van der Waals surface area contributed by atoms with Gasteiger partial charge in [0.2, 0.25) is 6.79 Å². The Balaban J connectivity index is 1.95. The Kier molecular flexibility index (Phi) is 2.97. The summed E-state index contributed by atoms with van der Waals surface area (Å²) in [6.07, 6.45) is -0.201. The molecule has 0 saturated carbocycles. The van der Waals surface area contributed by atoms with Gasteiger partial charge in [-0.1, -0.05) is 12.1 Å². The van der Waals surface area contributed by atoms with Crippen molar-refractivity contribution in [1.29, 1.82) is 0 Å². The highest BCUT2D eigenvalue weighted by atomic mass is 19.1. The minimum absolute atomic E-state index is 0.155. The predicted octanol–water partition coefficient (Wildman–Crippen LogP) is 3.33. The van der Waals surface area contributed by atoms with E-state index in [4.69, 9.17) is 9.47 Å². The van der Waals surface area contributed by atoms with Crippen LogP contribution in [0.1, 0.15) is 5.56 Å². The summed E-state index contributed by atoms with van der Waals surface area (Å²) in [5, 5.41) is 9.76. The molecule has 23 heavy (non-hydrogen) atoms. The molecule has 0 aliphatic carbocycles. The van der Waals surface area contributed by atoms with Crippen molar-refractivity contribution in [2.24, 2.45) is 0 Å². The second kappa shape index (κ2) is 5.01. The fourth-order valence-corrected chi connectivity index (χ4v) is 2.87. The molecule has 0 atom stereocenters. The molecule has 0 spiro atoms. The average Bonchev–Trinajstić information content (AvgIpc) is 3.12. The second-order valence-electron chi connectivity index (χ2n) is 5.28. The Bertz CT molecular complexity index is 932. The predicted molar refractivity (Wildman–Crippen MR) is 81.2 cm³/mol. The molecule has 4 rings (SSSR count). The Labute approximate surface area is 130 Å². The number of para-hydroxylation sites is 1. The van der Waals surface area contributed by atoms with E-state index in [-0.39, 0.29) is 13.2 Å². The summed E-state index contributed by atoms with van der Waals surface area (Å²) in [4.78, 5) is 14.2. The first-order valence-electron chi connectivity index (χ1n) is 7.04. The van der Waals surface area contributed by atoms with Gasteiger partial charge in [-0.05, 0) is 29.8 Å². The van der Waals surface area contributed by atoms with Gasteiger partial charge in [-0.2, -0.15) is 0 Å². The molecule has 2 N–H and O–H groups in total. The van der Waals surface area contributed by atoms with Crippen LogP contribution in [-0.4, -0.2) is 22.9 Å². The third-order valence-electron chi connectivity index (χ3n) is 3.88. The van der Waals surface area contributed by atoms with E-state index in [0.717, 1.165) is 5.56 Å². The molecule has 0 unspecified atom stereocenters. The maximum atomic E-state index is 14.0. The van der Waals surface area contributed by atoms with Crippen molar-refractivity contribution in [1.82, 2.24) is 4.98 Å². The number of carboxylic acids is 1. The molecule has 2 heterocycles. The fourth-order valence-electron chi connectivity index (χ4n) is 2.87. The number of hydrogen-bond acceptors (Lipinski definition) is 3. The number of nitrogens with one attached hydrogen (secondary N) is 1. The van der Waals surface area contributed by atoms with E-state index in [1.165, 1.54) is 6.07 Å². The molecule has 3 aromatic rings. The van der Waals surface area contributed by atoms with Gasteiger partial charge in [0.1, 0.15) is 5.82 Å². The van der Waals surface area contributed by atoms with Gasteiger partial charge in [-0.25, -0.2) is 4.39 Å². The topological polar surface area (TPSA) is 71.6 Å². The van der Waals surface area contributed by atoms with Crippen LogP contribution in [-0.2, 0) is 11.2 Å². The summed E-state index contributed by atoms with van der Waals surface area (Å²) in [7, 11) is 0. The molecule has 0 amide bonds. The zero-order chi connectivity index (χ0) is 16.0. The molecule has 116 valence electrons. The number of halogens is 1. The number of carboxylic acid groups (broad SMARTS) is 1. The first-order valence-corrected chi connectivity index (χ1v) is 7.04. The molecule has 0 saturated heterocycles. The number of H-pyrrole nitrogens is 1.